The van der Waals surface area contributed by atoms with Crippen molar-refractivity contribution >= 4 is 28.9 Å². The molecule has 0 aromatic heterocycles. The molecule has 6 heteroatoms. The number of halogens is 1. The lowest BCUT2D eigenvalue weighted by Gasteiger charge is -2.22. The molecular weight excluding hydrogens is 381 g/mol. The summed E-state index contributed by atoms with van der Waals surface area (Å²) in [6.45, 7) is 1.71. The van der Waals surface area contributed by atoms with Gasteiger partial charge in [0.15, 0.2) is 0 Å². The number of benzene rings is 2. The maximum Gasteiger partial charge on any atom is 0.255 e. The Hall–Kier alpha value is -2.89. The van der Waals surface area contributed by atoms with Gasteiger partial charge in [-0.05, 0) is 56.0 Å². The van der Waals surface area contributed by atoms with E-state index in [1.807, 2.05) is 6.07 Å². The van der Waals surface area contributed by atoms with Gasteiger partial charge in [-0.25, -0.2) is 4.39 Å². The van der Waals surface area contributed by atoms with Gasteiger partial charge in [0, 0.05) is 30.3 Å². The second-order valence-electron chi connectivity index (χ2n) is 8.19. The van der Waals surface area contributed by atoms with Crippen molar-refractivity contribution in [2.24, 2.45) is 5.92 Å². The number of nitrogens with one attached hydrogen (secondary N) is 2. The van der Waals surface area contributed by atoms with E-state index >= 15 is 0 Å². The van der Waals surface area contributed by atoms with Gasteiger partial charge in [0.2, 0.25) is 5.91 Å². The first-order valence-corrected chi connectivity index (χ1v) is 10.9. The van der Waals surface area contributed by atoms with E-state index in [-0.39, 0.29) is 17.5 Å². The first kappa shape index (κ1) is 20.4. The van der Waals surface area contributed by atoms with Crippen LogP contribution in [0.25, 0.3) is 0 Å². The lowest BCUT2D eigenvalue weighted by Crippen LogP contribution is -2.25. The first-order valence-electron chi connectivity index (χ1n) is 10.9. The zero-order valence-corrected chi connectivity index (χ0v) is 17.1. The maximum atomic E-state index is 14.5. The largest absolute Gasteiger partial charge is 0.370 e. The van der Waals surface area contributed by atoms with Crippen LogP contribution in [0.5, 0.6) is 0 Å². The average molecular weight is 410 g/mol. The zero-order valence-electron chi connectivity index (χ0n) is 17.1. The van der Waals surface area contributed by atoms with Crippen molar-refractivity contribution in [2.75, 3.05) is 28.6 Å². The molecule has 2 aliphatic rings. The monoisotopic (exact) mass is 409 g/mol. The number of anilines is 3. The van der Waals surface area contributed by atoms with E-state index in [0.717, 1.165) is 51.6 Å². The van der Waals surface area contributed by atoms with Crippen LogP contribution in [0.1, 0.15) is 55.3 Å². The minimum Gasteiger partial charge on any atom is -0.370 e. The summed E-state index contributed by atoms with van der Waals surface area (Å²) in [7, 11) is 0. The summed E-state index contributed by atoms with van der Waals surface area (Å²) in [5, 5.41) is 5.68. The van der Waals surface area contributed by atoms with Gasteiger partial charge in [-0.1, -0.05) is 31.4 Å². The van der Waals surface area contributed by atoms with Crippen LogP contribution < -0.4 is 15.5 Å². The molecule has 2 N–H and O–H groups in total. The molecule has 1 saturated heterocycles. The molecule has 2 aromatic carbocycles. The molecule has 2 amide bonds. The molecule has 0 radical (unpaired) electrons. The molecule has 2 fully saturated rings. The second-order valence-corrected chi connectivity index (χ2v) is 8.19. The van der Waals surface area contributed by atoms with Crippen LogP contribution >= 0.6 is 0 Å². The Kier molecular flexibility index (Phi) is 6.31. The van der Waals surface area contributed by atoms with Crippen molar-refractivity contribution in [3.05, 3.63) is 53.8 Å². The second kappa shape index (κ2) is 9.28. The summed E-state index contributed by atoms with van der Waals surface area (Å²) >= 11 is 0. The third kappa shape index (κ3) is 4.64. The first-order chi connectivity index (χ1) is 14.6. The van der Waals surface area contributed by atoms with Crippen LogP contribution in [-0.2, 0) is 4.79 Å². The highest BCUT2D eigenvalue weighted by molar-refractivity contribution is 6.07. The topological polar surface area (TPSA) is 61.4 Å². The highest BCUT2D eigenvalue weighted by atomic mass is 19.1. The highest BCUT2D eigenvalue weighted by Gasteiger charge is 2.22. The van der Waals surface area contributed by atoms with E-state index in [0.29, 0.717) is 16.9 Å². The Morgan fingerprint density at radius 3 is 2.40 bits per heavy atom. The molecule has 0 bridgehead atoms. The van der Waals surface area contributed by atoms with Crippen LogP contribution in [0.3, 0.4) is 0 Å². The van der Waals surface area contributed by atoms with Gasteiger partial charge in [0.1, 0.15) is 11.5 Å². The number of hydrogen-bond donors (Lipinski definition) is 2. The van der Waals surface area contributed by atoms with Gasteiger partial charge in [-0.2, -0.15) is 0 Å². The standard InChI is InChI=1S/C24H28FN3O2/c25-20-12-7-13-21(28-14-4-5-15-28)22(20)27-24(30)18-10-6-11-19(16-18)26-23(29)17-8-2-1-3-9-17/h6-7,10-13,16-17H,1-5,8-9,14-15H2,(H,26,29)(H,27,30). The molecule has 0 atom stereocenters. The predicted octanol–water partition coefficient (Wildman–Crippen LogP) is 5.20. The predicted molar refractivity (Wildman–Crippen MR) is 117 cm³/mol. The molecule has 5 nitrogen and oxygen atoms in total. The summed E-state index contributed by atoms with van der Waals surface area (Å²) in [5.41, 5.74) is 1.89. The summed E-state index contributed by atoms with van der Waals surface area (Å²) in [5.74, 6) is -0.792. The Bertz CT molecular complexity index is 918. The molecule has 30 heavy (non-hydrogen) atoms. The molecule has 0 unspecified atom stereocenters. The van der Waals surface area contributed by atoms with Crippen LogP contribution in [0.4, 0.5) is 21.5 Å². The van der Waals surface area contributed by atoms with Gasteiger partial charge >= 0.3 is 0 Å². The summed E-state index contributed by atoms with van der Waals surface area (Å²) < 4.78 is 14.5. The minimum atomic E-state index is -0.450. The van der Waals surface area contributed by atoms with E-state index in [4.69, 9.17) is 0 Å². The molecule has 1 saturated carbocycles. The van der Waals surface area contributed by atoms with Gasteiger partial charge in [-0.3, -0.25) is 9.59 Å². The van der Waals surface area contributed by atoms with E-state index in [1.165, 1.54) is 12.5 Å². The maximum absolute atomic E-state index is 14.5. The highest BCUT2D eigenvalue weighted by Crippen LogP contribution is 2.32. The average Bonchev–Trinajstić information content (AvgIpc) is 3.30. The Morgan fingerprint density at radius 1 is 0.900 bits per heavy atom. The van der Waals surface area contributed by atoms with Crippen molar-refractivity contribution in [3.63, 3.8) is 0 Å². The van der Waals surface area contributed by atoms with Crippen LogP contribution in [-0.4, -0.2) is 24.9 Å². The van der Waals surface area contributed by atoms with Gasteiger partial charge in [0.25, 0.3) is 5.91 Å². The van der Waals surface area contributed by atoms with Crippen LogP contribution in [0.2, 0.25) is 0 Å². The van der Waals surface area contributed by atoms with Crippen molar-refractivity contribution < 1.29 is 14.0 Å². The van der Waals surface area contributed by atoms with E-state index in [2.05, 4.69) is 15.5 Å². The number of rotatable bonds is 5. The third-order valence-corrected chi connectivity index (χ3v) is 6.05. The molecule has 2 aromatic rings. The molecule has 4 rings (SSSR count). The lowest BCUT2D eigenvalue weighted by atomic mass is 9.88. The molecule has 1 aliphatic heterocycles. The van der Waals surface area contributed by atoms with Crippen molar-refractivity contribution in [1.29, 1.82) is 0 Å². The third-order valence-electron chi connectivity index (χ3n) is 6.05. The fraction of sp³-hybridized carbons (Fsp3) is 0.417. The number of carbonyl (C=O) groups is 2. The zero-order chi connectivity index (χ0) is 20.9. The molecule has 158 valence electrons. The normalized spacial score (nSPS) is 17.0. The lowest BCUT2D eigenvalue weighted by molar-refractivity contribution is -0.120. The quantitative estimate of drug-likeness (QED) is 0.714. The number of para-hydroxylation sites is 1. The Morgan fingerprint density at radius 2 is 1.63 bits per heavy atom. The summed E-state index contributed by atoms with van der Waals surface area (Å²) in [4.78, 5) is 27.5. The number of hydrogen-bond acceptors (Lipinski definition) is 3. The van der Waals surface area contributed by atoms with E-state index in [9.17, 15) is 14.0 Å². The number of nitrogens with zero attached hydrogens (tertiary/aromatic N) is 1. The fourth-order valence-electron chi connectivity index (χ4n) is 4.39. The molecule has 0 spiro atoms. The van der Waals surface area contributed by atoms with Gasteiger partial charge < -0.3 is 15.5 Å². The van der Waals surface area contributed by atoms with Gasteiger partial charge in [0.05, 0.1) is 5.69 Å². The Balaban J connectivity index is 1.48. The van der Waals surface area contributed by atoms with Gasteiger partial charge in [-0.15, -0.1) is 0 Å². The van der Waals surface area contributed by atoms with E-state index in [1.54, 1.807) is 30.3 Å². The smallest absolute Gasteiger partial charge is 0.255 e. The number of amides is 2. The Labute approximate surface area is 176 Å². The van der Waals surface area contributed by atoms with Crippen molar-refractivity contribution in [2.45, 2.75) is 44.9 Å². The SMILES string of the molecule is O=C(Nc1c(F)cccc1N1CCCC1)c1cccc(NC(=O)C2CCCCC2)c1. The minimum absolute atomic E-state index is 0.0117. The van der Waals surface area contributed by atoms with Crippen molar-refractivity contribution in [3.8, 4) is 0 Å². The summed E-state index contributed by atoms with van der Waals surface area (Å²) in [6, 6.07) is 11.7. The van der Waals surface area contributed by atoms with E-state index < -0.39 is 11.7 Å². The number of carbonyl (C=O) groups excluding carboxylic acids is 2. The molecule has 1 aliphatic carbocycles. The molecular formula is C24H28FN3O2. The fourth-order valence-corrected chi connectivity index (χ4v) is 4.39. The van der Waals surface area contributed by atoms with Crippen LogP contribution in [0, 0.1) is 11.7 Å². The molecule has 1 heterocycles. The van der Waals surface area contributed by atoms with Crippen LogP contribution in [0.15, 0.2) is 42.5 Å². The van der Waals surface area contributed by atoms with Crippen molar-refractivity contribution in [1.82, 2.24) is 0 Å². The summed E-state index contributed by atoms with van der Waals surface area (Å²) in [6.07, 6.45) is 7.32.